The molecule has 2 aliphatic rings. The van der Waals surface area contributed by atoms with E-state index in [4.69, 9.17) is 16.3 Å². The van der Waals surface area contributed by atoms with Crippen LogP contribution in [0.1, 0.15) is 6.92 Å². The Bertz CT molecular complexity index is 1210. The van der Waals surface area contributed by atoms with Gasteiger partial charge in [-0.1, -0.05) is 11.6 Å². The predicted molar refractivity (Wildman–Crippen MR) is 127 cm³/mol. The zero-order valence-electron chi connectivity index (χ0n) is 18.6. The van der Waals surface area contributed by atoms with E-state index >= 15 is 0 Å². The summed E-state index contributed by atoms with van der Waals surface area (Å²) in [6, 6.07) is 8.82. The van der Waals surface area contributed by atoms with Crippen molar-refractivity contribution in [1.82, 2.24) is 10.2 Å². The standard InChI is InChI=1S/C23H22ClN5O5/c1-12(30)25-14-6-9-18(34-3)17(10-14)26-21(31)16-11-28(2)20-19(16)27-23(33)29(22(20)32)15-7-4-13(24)5-8-15/h4-11,19-20H,1-3H3,(H,25,30)(H,26,31)(H,27,33). The molecule has 1 fully saturated rings. The first-order chi connectivity index (χ1) is 16.2. The molecule has 0 spiro atoms. The van der Waals surface area contributed by atoms with Crippen LogP contribution in [-0.2, 0) is 14.4 Å². The Labute approximate surface area is 200 Å². The summed E-state index contributed by atoms with van der Waals surface area (Å²) in [4.78, 5) is 53.3. The normalized spacial score (nSPS) is 19.2. The molecule has 2 aliphatic heterocycles. The average molecular weight is 484 g/mol. The molecule has 0 radical (unpaired) electrons. The number of nitrogens with zero attached hydrogens (tertiary/aromatic N) is 2. The molecule has 0 aromatic heterocycles. The van der Waals surface area contributed by atoms with Gasteiger partial charge in [-0.05, 0) is 42.5 Å². The summed E-state index contributed by atoms with van der Waals surface area (Å²) >= 11 is 5.92. The van der Waals surface area contributed by atoms with Crippen LogP contribution in [0.2, 0.25) is 5.02 Å². The van der Waals surface area contributed by atoms with E-state index in [-0.39, 0.29) is 11.5 Å². The molecular formula is C23H22ClN5O5. The number of carbonyl (C=O) groups is 4. The highest BCUT2D eigenvalue weighted by Crippen LogP contribution is 2.32. The van der Waals surface area contributed by atoms with Gasteiger partial charge in [-0.2, -0.15) is 0 Å². The van der Waals surface area contributed by atoms with E-state index in [1.807, 2.05) is 0 Å². The number of fused-ring (bicyclic) bond motifs is 1. The minimum Gasteiger partial charge on any atom is -0.495 e. The molecule has 2 heterocycles. The number of anilines is 3. The van der Waals surface area contributed by atoms with Crippen molar-refractivity contribution in [2.45, 2.75) is 19.0 Å². The number of urea groups is 1. The summed E-state index contributed by atoms with van der Waals surface area (Å²) in [5.41, 5.74) is 1.37. The number of nitrogens with one attached hydrogen (secondary N) is 3. The molecule has 176 valence electrons. The molecule has 2 atom stereocenters. The van der Waals surface area contributed by atoms with E-state index in [2.05, 4.69) is 16.0 Å². The van der Waals surface area contributed by atoms with Gasteiger partial charge < -0.3 is 25.6 Å². The van der Waals surface area contributed by atoms with Crippen LogP contribution in [0.4, 0.5) is 21.9 Å². The molecule has 5 amide bonds. The number of hydrogen-bond acceptors (Lipinski definition) is 6. The van der Waals surface area contributed by atoms with Gasteiger partial charge in [0.1, 0.15) is 11.8 Å². The first-order valence-corrected chi connectivity index (χ1v) is 10.7. The number of benzene rings is 2. The van der Waals surface area contributed by atoms with Gasteiger partial charge in [0.15, 0.2) is 0 Å². The van der Waals surface area contributed by atoms with Crippen LogP contribution in [0.15, 0.2) is 54.2 Å². The Hall–Kier alpha value is -4.05. The quantitative estimate of drug-likeness (QED) is 0.601. The summed E-state index contributed by atoms with van der Waals surface area (Å²) < 4.78 is 5.30. The summed E-state index contributed by atoms with van der Waals surface area (Å²) in [6.07, 6.45) is 1.53. The largest absolute Gasteiger partial charge is 0.495 e. The highest BCUT2D eigenvalue weighted by Gasteiger charge is 2.49. The first kappa shape index (κ1) is 23.1. The van der Waals surface area contributed by atoms with Crippen molar-refractivity contribution < 1.29 is 23.9 Å². The molecule has 2 aromatic rings. The molecule has 2 unspecified atom stereocenters. The second-order valence-corrected chi connectivity index (χ2v) is 8.26. The van der Waals surface area contributed by atoms with Gasteiger partial charge in [0, 0.05) is 30.9 Å². The fraction of sp³-hybridized carbons (Fsp3) is 0.217. The highest BCUT2D eigenvalue weighted by molar-refractivity contribution is 6.30. The lowest BCUT2D eigenvalue weighted by molar-refractivity contribution is -0.122. The van der Waals surface area contributed by atoms with E-state index in [0.717, 1.165) is 4.90 Å². The van der Waals surface area contributed by atoms with E-state index in [0.29, 0.717) is 27.8 Å². The summed E-state index contributed by atoms with van der Waals surface area (Å²) in [5, 5.41) is 8.63. The van der Waals surface area contributed by atoms with Crippen LogP contribution in [0.25, 0.3) is 0 Å². The van der Waals surface area contributed by atoms with Crippen LogP contribution in [0.5, 0.6) is 5.75 Å². The minimum atomic E-state index is -0.849. The topological polar surface area (TPSA) is 120 Å². The fourth-order valence-corrected chi connectivity index (χ4v) is 4.13. The van der Waals surface area contributed by atoms with Gasteiger partial charge in [0.25, 0.3) is 11.8 Å². The van der Waals surface area contributed by atoms with Crippen molar-refractivity contribution in [3.63, 3.8) is 0 Å². The van der Waals surface area contributed by atoms with Gasteiger partial charge in [-0.3, -0.25) is 14.4 Å². The van der Waals surface area contributed by atoms with Gasteiger partial charge in [0.2, 0.25) is 5.91 Å². The lowest BCUT2D eigenvalue weighted by Crippen LogP contribution is -2.65. The fourth-order valence-electron chi connectivity index (χ4n) is 4.00. The summed E-state index contributed by atoms with van der Waals surface area (Å²) in [5.74, 6) is -0.878. The zero-order valence-corrected chi connectivity index (χ0v) is 19.3. The molecule has 3 N–H and O–H groups in total. The summed E-state index contributed by atoms with van der Waals surface area (Å²) in [6.45, 7) is 1.37. The third kappa shape index (κ3) is 4.27. The van der Waals surface area contributed by atoms with Crippen LogP contribution in [0, 0.1) is 0 Å². The molecule has 10 nitrogen and oxygen atoms in total. The number of rotatable bonds is 5. The highest BCUT2D eigenvalue weighted by atomic mass is 35.5. The van der Waals surface area contributed by atoms with E-state index in [9.17, 15) is 19.2 Å². The predicted octanol–water partition coefficient (Wildman–Crippen LogP) is 2.57. The maximum Gasteiger partial charge on any atom is 0.329 e. The molecule has 2 aromatic carbocycles. The van der Waals surface area contributed by atoms with Crippen LogP contribution >= 0.6 is 11.6 Å². The van der Waals surface area contributed by atoms with Crippen molar-refractivity contribution in [1.29, 1.82) is 0 Å². The third-order valence-electron chi connectivity index (χ3n) is 5.50. The zero-order chi connectivity index (χ0) is 24.6. The number of amides is 5. The van der Waals surface area contributed by atoms with Gasteiger partial charge >= 0.3 is 6.03 Å². The van der Waals surface area contributed by atoms with Gasteiger partial charge in [0.05, 0.1) is 30.1 Å². The Kier molecular flexibility index (Phi) is 6.16. The minimum absolute atomic E-state index is 0.205. The molecule has 34 heavy (non-hydrogen) atoms. The Balaban J connectivity index is 1.57. The number of methoxy groups -OCH3 is 1. The number of imide groups is 1. The number of hydrogen-bond donors (Lipinski definition) is 3. The van der Waals surface area contributed by atoms with Crippen molar-refractivity contribution in [2.24, 2.45) is 0 Å². The Morgan fingerprint density at radius 1 is 1.09 bits per heavy atom. The number of ether oxygens (including phenoxy) is 1. The van der Waals surface area contributed by atoms with Crippen molar-refractivity contribution in [3.8, 4) is 5.75 Å². The van der Waals surface area contributed by atoms with E-state index in [1.165, 1.54) is 20.2 Å². The number of carbonyl (C=O) groups excluding carboxylic acids is 4. The average Bonchev–Trinajstić information content (AvgIpc) is 3.11. The number of halogens is 1. The van der Waals surface area contributed by atoms with Crippen LogP contribution in [0.3, 0.4) is 0 Å². The SMILES string of the molecule is COc1ccc(NC(C)=O)cc1NC(=O)C1=CN(C)C2C(=O)N(c3ccc(Cl)cc3)C(=O)NC12. The lowest BCUT2D eigenvalue weighted by atomic mass is 9.99. The molecule has 4 rings (SSSR count). The second-order valence-electron chi connectivity index (χ2n) is 7.82. The van der Waals surface area contributed by atoms with Crippen molar-refractivity contribution >= 4 is 52.4 Å². The Morgan fingerprint density at radius 2 is 1.79 bits per heavy atom. The van der Waals surface area contributed by atoms with Gasteiger partial charge in [-0.15, -0.1) is 0 Å². The van der Waals surface area contributed by atoms with E-state index in [1.54, 1.807) is 54.4 Å². The lowest BCUT2D eigenvalue weighted by Gasteiger charge is -2.37. The molecule has 1 saturated heterocycles. The molecular weight excluding hydrogens is 462 g/mol. The smallest absolute Gasteiger partial charge is 0.329 e. The van der Waals surface area contributed by atoms with Crippen molar-refractivity contribution in [3.05, 3.63) is 59.3 Å². The molecule has 0 aliphatic carbocycles. The maximum atomic E-state index is 13.3. The van der Waals surface area contributed by atoms with Crippen LogP contribution in [-0.4, -0.2) is 54.9 Å². The van der Waals surface area contributed by atoms with Gasteiger partial charge in [-0.25, -0.2) is 9.69 Å². The molecule has 0 bridgehead atoms. The van der Waals surface area contributed by atoms with Crippen LogP contribution < -0.4 is 25.6 Å². The second kappa shape index (κ2) is 9.06. The van der Waals surface area contributed by atoms with Crippen molar-refractivity contribution in [2.75, 3.05) is 29.7 Å². The summed E-state index contributed by atoms with van der Waals surface area (Å²) in [7, 11) is 3.11. The Morgan fingerprint density at radius 3 is 2.44 bits per heavy atom. The molecule has 0 saturated carbocycles. The monoisotopic (exact) mass is 483 g/mol. The molecule has 11 heteroatoms. The number of likely N-dealkylation sites (N-methyl/N-ethyl adjacent to an activating group) is 1. The maximum absolute atomic E-state index is 13.3. The van der Waals surface area contributed by atoms with E-state index < -0.39 is 29.9 Å². The third-order valence-corrected chi connectivity index (χ3v) is 5.75. The first-order valence-electron chi connectivity index (χ1n) is 10.3.